The van der Waals surface area contributed by atoms with E-state index in [1.54, 1.807) is 6.92 Å². The van der Waals surface area contributed by atoms with Crippen LogP contribution < -0.4 is 16.1 Å². The summed E-state index contributed by atoms with van der Waals surface area (Å²) < 4.78 is 16.8. The number of hydrogen-bond donors (Lipinski definition) is 2. The fourth-order valence-electron chi connectivity index (χ4n) is 3.69. The van der Waals surface area contributed by atoms with E-state index >= 15 is 0 Å². The van der Waals surface area contributed by atoms with E-state index in [2.05, 4.69) is 0 Å². The molecule has 0 spiro atoms. The van der Waals surface area contributed by atoms with Crippen LogP contribution in [0.3, 0.4) is 0 Å². The van der Waals surface area contributed by atoms with Crippen molar-refractivity contribution in [3.05, 3.63) is 39.4 Å². The van der Waals surface area contributed by atoms with Gasteiger partial charge >= 0.3 is 5.97 Å². The van der Waals surface area contributed by atoms with Gasteiger partial charge in [-0.1, -0.05) is 13.8 Å². The van der Waals surface area contributed by atoms with Crippen molar-refractivity contribution >= 4 is 22.6 Å². The Hall–Kier alpha value is -2.41. The highest BCUT2D eigenvalue weighted by molar-refractivity contribution is 5.95. The van der Waals surface area contributed by atoms with Crippen LogP contribution in [-0.2, 0) is 0 Å². The molecule has 1 aliphatic rings. The van der Waals surface area contributed by atoms with Crippen molar-refractivity contribution < 1.29 is 14.3 Å². The smallest absolute Gasteiger partial charge is 0.341 e. The number of hydrogen-bond acceptors (Lipinski definition) is 4. The molecule has 3 N–H and O–H groups in total. The number of halogens is 1. The number of anilines is 1. The third-order valence-electron chi connectivity index (χ3n) is 5.18. The number of aromatic nitrogens is 1. The second-order valence-corrected chi connectivity index (χ2v) is 7.58. The van der Waals surface area contributed by atoms with Crippen molar-refractivity contribution in [2.75, 3.05) is 18.5 Å². The summed E-state index contributed by atoms with van der Waals surface area (Å²) in [5, 5.41) is 9.48. The van der Waals surface area contributed by atoms with Crippen molar-refractivity contribution in [2.45, 2.75) is 65.5 Å². The Labute approximate surface area is 171 Å². The zero-order valence-electron chi connectivity index (χ0n) is 18.0. The van der Waals surface area contributed by atoms with Crippen LogP contribution in [0.25, 0.3) is 10.9 Å². The standard InChI is InChI=1S/C20H26FN3O3.C2H6/c1-11(22)5-4-8-23(3)18-12(2)17-14(9-16(18)21)19(25)15(20(26)27)10-24(17)13-6-7-13;1-2/h9-11,13H,4-8,22H2,1-3H3,(H,26,27);1-2H3. The maximum atomic E-state index is 14.9. The highest BCUT2D eigenvalue weighted by atomic mass is 19.1. The SMILES string of the molecule is CC.Cc1c(N(C)CCCC(C)N)c(F)cc2c(=O)c(C(=O)O)cn(C3CC3)c12. The van der Waals surface area contributed by atoms with Crippen molar-refractivity contribution in [1.29, 1.82) is 0 Å². The molecule has 1 aromatic carbocycles. The van der Waals surface area contributed by atoms with Crippen LogP contribution in [0.5, 0.6) is 0 Å². The number of nitrogens with two attached hydrogens (primary N) is 1. The Kier molecular flexibility index (Phi) is 7.41. The van der Waals surface area contributed by atoms with Crippen LogP contribution in [0.1, 0.15) is 68.4 Å². The molecule has 7 heteroatoms. The highest BCUT2D eigenvalue weighted by Gasteiger charge is 2.29. The lowest BCUT2D eigenvalue weighted by Gasteiger charge is -2.25. The molecule has 3 rings (SSSR count). The van der Waals surface area contributed by atoms with Gasteiger partial charge in [0, 0.05) is 37.3 Å². The normalized spacial score (nSPS) is 14.3. The van der Waals surface area contributed by atoms with E-state index in [1.165, 1.54) is 12.3 Å². The van der Waals surface area contributed by atoms with Crippen LogP contribution >= 0.6 is 0 Å². The molecule has 1 saturated carbocycles. The van der Waals surface area contributed by atoms with Gasteiger partial charge in [0.25, 0.3) is 0 Å². The zero-order valence-corrected chi connectivity index (χ0v) is 18.0. The third kappa shape index (κ3) is 4.78. The number of carboxylic acid groups (broad SMARTS) is 1. The van der Waals surface area contributed by atoms with E-state index in [4.69, 9.17) is 5.73 Å². The van der Waals surface area contributed by atoms with Gasteiger partial charge in [-0.2, -0.15) is 0 Å². The lowest BCUT2D eigenvalue weighted by atomic mass is 10.0. The Bertz CT molecular complexity index is 949. The van der Waals surface area contributed by atoms with Gasteiger partial charge in [-0.3, -0.25) is 4.79 Å². The molecule has 0 bridgehead atoms. The first kappa shape index (κ1) is 22.9. The number of benzene rings is 1. The van der Waals surface area contributed by atoms with Gasteiger partial charge in [-0.05, 0) is 51.2 Å². The summed E-state index contributed by atoms with van der Waals surface area (Å²) in [6, 6.07) is 1.44. The molecule has 6 nitrogen and oxygen atoms in total. The number of aromatic carboxylic acids is 1. The average Bonchev–Trinajstić information content (AvgIpc) is 3.48. The minimum atomic E-state index is -1.29. The highest BCUT2D eigenvalue weighted by Crippen LogP contribution is 2.39. The summed E-state index contributed by atoms with van der Waals surface area (Å²) in [7, 11) is 1.82. The maximum absolute atomic E-state index is 14.9. The fraction of sp³-hybridized carbons (Fsp3) is 0.545. The van der Waals surface area contributed by atoms with Crippen LogP contribution in [0.2, 0.25) is 0 Å². The number of pyridine rings is 1. The van der Waals surface area contributed by atoms with Crippen LogP contribution in [0.15, 0.2) is 17.1 Å². The molecule has 1 aromatic heterocycles. The van der Waals surface area contributed by atoms with Gasteiger partial charge in [0.2, 0.25) is 5.43 Å². The Balaban J connectivity index is 0.00000145. The Morgan fingerprint density at radius 3 is 2.55 bits per heavy atom. The van der Waals surface area contributed by atoms with Crippen LogP contribution in [0.4, 0.5) is 10.1 Å². The summed E-state index contributed by atoms with van der Waals surface area (Å²) in [5.41, 5.74) is 6.58. The van der Waals surface area contributed by atoms with Crippen molar-refractivity contribution in [1.82, 2.24) is 4.57 Å². The number of carboxylic acids is 1. The maximum Gasteiger partial charge on any atom is 0.341 e. The van der Waals surface area contributed by atoms with E-state index in [0.717, 1.165) is 25.7 Å². The lowest BCUT2D eigenvalue weighted by Crippen LogP contribution is -2.25. The predicted molar refractivity (Wildman–Crippen MR) is 116 cm³/mol. The Morgan fingerprint density at radius 1 is 1.41 bits per heavy atom. The minimum Gasteiger partial charge on any atom is -0.477 e. The van der Waals surface area contributed by atoms with Gasteiger partial charge in [0.05, 0.1) is 11.2 Å². The molecule has 1 unspecified atom stereocenters. The summed E-state index contributed by atoms with van der Waals surface area (Å²) in [6.07, 6.45) is 4.93. The topological polar surface area (TPSA) is 88.6 Å². The number of nitrogens with zero attached hydrogens (tertiary/aromatic N) is 2. The van der Waals surface area contributed by atoms with Gasteiger partial charge in [0.15, 0.2) is 0 Å². The molecule has 0 saturated heterocycles. The predicted octanol–water partition coefficient (Wildman–Crippen LogP) is 4.07. The molecule has 160 valence electrons. The first-order valence-electron chi connectivity index (χ1n) is 10.3. The molecule has 1 atom stereocenters. The molecule has 2 aromatic rings. The summed E-state index contributed by atoms with van der Waals surface area (Å²) >= 11 is 0. The molecule has 0 radical (unpaired) electrons. The molecule has 1 fully saturated rings. The Morgan fingerprint density at radius 2 is 2.03 bits per heavy atom. The van der Waals surface area contributed by atoms with Crippen molar-refractivity contribution in [3.8, 4) is 0 Å². The first-order chi connectivity index (χ1) is 13.7. The number of rotatable bonds is 7. The number of aryl methyl sites for hydroxylation is 1. The van der Waals surface area contributed by atoms with E-state index in [0.29, 0.717) is 23.3 Å². The van der Waals surface area contributed by atoms with E-state index in [9.17, 15) is 19.1 Å². The third-order valence-corrected chi connectivity index (χ3v) is 5.18. The van der Waals surface area contributed by atoms with Gasteiger partial charge in [0.1, 0.15) is 11.4 Å². The quantitative estimate of drug-likeness (QED) is 0.725. The summed E-state index contributed by atoms with van der Waals surface area (Å²) in [5.74, 6) is -1.79. The molecule has 0 amide bonds. The number of fused-ring (bicyclic) bond motifs is 1. The lowest BCUT2D eigenvalue weighted by molar-refractivity contribution is 0.0695. The van der Waals surface area contributed by atoms with Crippen LogP contribution in [-0.4, -0.2) is 35.3 Å². The molecule has 29 heavy (non-hydrogen) atoms. The summed E-state index contributed by atoms with van der Waals surface area (Å²) in [4.78, 5) is 25.9. The van der Waals surface area contributed by atoms with Gasteiger partial charge < -0.3 is 20.3 Å². The largest absolute Gasteiger partial charge is 0.477 e. The molecule has 1 aliphatic carbocycles. The monoisotopic (exact) mass is 405 g/mol. The summed E-state index contributed by atoms with van der Waals surface area (Å²) in [6.45, 7) is 8.38. The zero-order chi connectivity index (χ0) is 21.9. The van der Waals surface area contributed by atoms with Crippen molar-refractivity contribution in [2.24, 2.45) is 5.73 Å². The van der Waals surface area contributed by atoms with E-state index < -0.39 is 17.2 Å². The first-order valence-corrected chi connectivity index (χ1v) is 10.3. The molecular formula is C22H32FN3O3. The molecule has 0 aliphatic heterocycles. The number of carbonyl (C=O) groups is 1. The molecular weight excluding hydrogens is 373 g/mol. The van der Waals surface area contributed by atoms with E-state index in [-0.39, 0.29) is 23.0 Å². The van der Waals surface area contributed by atoms with Gasteiger partial charge in [-0.25, -0.2) is 9.18 Å². The fourth-order valence-corrected chi connectivity index (χ4v) is 3.69. The second-order valence-electron chi connectivity index (χ2n) is 7.58. The minimum absolute atomic E-state index is 0.0930. The van der Waals surface area contributed by atoms with Crippen LogP contribution in [0, 0.1) is 12.7 Å². The van der Waals surface area contributed by atoms with Gasteiger partial charge in [-0.15, -0.1) is 0 Å². The average molecular weight is 406 g/mol. The van der Waals surface area contributed by atoms with E-state index in [1.807, 2.05) is 37.3 Å². The van der Waals surface area contributed by atoms with Crippen molar-refractivity contribution in [3.63, 3.8) is 0 Å². The second kappa shape index (κ2) is 9.39. The molecule has 1 heterocycles.